The molecule has 1 aliphatic rings. The van der Waals surface area contributed by atoms with Crippen molar-refractivity contribution >= 4 is 5.78 Å². The van der Waals surface area contributed by atoms with Crippen molar-refractivity contribution in [2.24, 2.45) is 0 Å². The summed E-state index contributed by atoms with van der Waals surface area (Å²) in [5.74, 6) is 0.301. The maximum absolute atomic E-state index is 12.8. The molecule has 6 nitrogen and oxygen atoms in total. The summed E-state index contributed by atoms with van der Waals surface area (Å²) >= 11 is 0. The third-order valence-corrected chi connectivity index (χ3v) is 4.50. The third-order valence-electron chi connectivity index (χ3n) is 4.50. The van der Waals surface area contributed by atoms with Gasteiger partial charge in [0.05, 0.1) is 20.1 Å². The van der Waals surface area contributed by atoms with Crippen molar-refractivity contribution in [2.75, 3.05) is 14.2 Å². The van der Waals surface area contributed by atoms with Gasteiger partial charge in [0.25, 0.3) is 5.54 Å². The van der Waals surface area contributed by atoms with Crippen LogP contribution in [-0.4, -0.2) is 30.5 Å². The molecule has 2 aromatic rings. The maximum Gasteiger partial charge on any atom is 0.291 e. The monoisotopic (exact) mass is 327 g/mol. The van der Waals surface area contributed by atoms with Crippen LogP contribution in [-0.2, 0) is 0 Å². The van der Waals surface area contributed by atoms with Gasteiger partial charge in [0.15, 0.2) is 0 Å². The van der Waals surface area contributed by atoms with Crippen molar-refractivity contribution in [1.29, 1.82) is 0 Å². The summed E-state index contributed by atoms with van der Waals surface area (Å²) in [6, 6.07) is 13.5. The molecule has 24 heavy (non-hydrogen) atoms. The largest absolute Gasteiger partial charge is 0.497 e. The van der Waals surface area contributed by atoms with Crippen LogP contribution in [0.25, 0.3) is 0 Å². The second-order valence-corrected chi connectivity index (χ2v) is 5.77. The molecule has 6 heteroatoms. The SMILES string of the molecule is COc1ccc(C(=O)[C@]2([N+](=O)[O-])C[C@H]2c2cccc(OC)c2)cc1. The molecule has 0 spiro atoms. The first-order chi connectivity index (χ1) is 11.5. The van der Waals surface area contributed by atoms with E-state index in [-0.39, 0.29) is 6.42 Å². The average molecular weight is 327 g/mol. The molecule has 2 aromatic carbocycles. The minimum atomic E-state index is -1.60. The van der Waals surface area contributed by atoms with E-state index in [4.69, 9.17) is 9.47 Å². The number of benzene rings is 2. The van der Waals surface area contributed by atoms with Gasteiger partial charge in [-0.05, 0) is 42.0 Å². The Morgan fingerprint density at radius 3 is 2.38 bits per heavy atom. The number of hydrogen-bond acceptors (Lipinski definition) is 5. The number of ketones is 1. The van der Waals surface area contributed by atoms with Crippen LogP contribution < -0.4 is 9.47 Å². The summed E-state index contributed by atoms with van der Waals surface area (Å²) in [6.07, 6.45) is 0.192. The molecule has 0 amide bonds. The molecule has 1 fully saturated rings. The van der Waals surface area contributed by atoms with Crippen molar-refractivity contribution in [1.82, 2.24) is 0 Å². The number of nitro groups is 1. The Labute approximate surface area is 139 Å². The Morgan fingerprint density at radius 1 is 1.12 bits per heavy atom. The normalized spacial score (nSPS) is 21.8. The molecule has 124 valence electrons. The third kappa shape index (κ3) is 2.50. The highest BCUT2D eigenvalue weighted by Crippen LogP contribution is 2.55. The van der Waals surface area contributed by atoms with E-state index in [9.17, 15) is 14.9 Å². The standard InChI is InChI=1S/C18H17NO5/c1-23-14-8-6-12(7-9-14)17(20)18(19(21)22)11-16(18)13-4-3-5-15(10-13)24-2/h3-10,16H,11H2,1-2H3/t16-,18-/m0/s1. The molecule has 0 radical (unpaired) electrons. The van der Waals surface area contributed by atoms with E-state index in [1.165, 1.54) is 14.2 Å². The predicted molar refractivity (Wildman–Crippen MR) is 87.4 cm³/mol. The molecule has 2 atom stereocenters. The lowest BCUT2D eigenvalue weighted by atomic mass is 9.97. The number of carbonyl (C=O) groups is 1. The van der Waals surface area contributed by atoms with E-state index in [2.05, 4.69) is 0 Å². The lowest BCUT2D eigenvalue weighted by Gasteiger charge is -2.10. The first kappa shape index (κ1) is 16.0. The summed E-state index contributed by atoms with van der Waals surface area (Å²) < 4.78 is 10.2. The zero-order valence-electron chi connectivity index (χ0n) is 13.4. The zero-order valence-corrected chi connectivity index (χ0v) is 13.4. The van der Waals surface area contributed by atoms with Crippen LogP contribution in [0.3, 0.4) is 0 Å². The fourth-order valence-electron chi connectivity index (χ4n) is 3.03. The molecular weight excluding hydrogens is 310 g/mol. The van der Waals surface area contributed by atoms with Gasteiger partial charge in [0.1, 0.15) is 11.5 Å². The second kappa shape index (κ2) is 5.96. The van der Waals surface area contributed by atoms with E-state index in [1.807, 2.05) is 0 Å². The Hall–Kier alpha value is -2.89. The van der Waals surface area contributed by atoms with Crippen LogP contribution in [0, 0.1) is 10.1 Å². The Bertz CT molecular complexity index is 786. The fourth-order valence-corrected chi connectivity index (χ4v) is 3.03. The number of hydrogen-bond donors (Lipinski definition) is 0. The van der Waals surface area contributed by atoms with Gasteiger partial charge in [-0.3, -0.25) is 14.9 Å². The van der Waals surface area contributed by atoms with Gasteiger partial charge in [-0.2, -0.15) is 0 Å². The summed E-state index contributed by atoms with van der Waals surface area (Å²) in [6.45, 7) is 0. The fraction of sp³-hybridized carbons (Fsp3) is 0.278. The number of Topliss-reactive ketones (excluding diaryl/α,β-unsaturated/α-hetero) is 1. The van der Waals surface area contributed by atoms with Gasteiger partial charge in [-0.15, -0.1) is 0 Å². The molecule has 0 bridgehead atoms. The van der Waals surface area contributed by atoms with Crippen molar-refractivity contribution in [3.8, 4) is 11.5 Å². The van der Waals surface area contributed by atoms with E-state index in [0.717, 1.165) is 5.56 Å². The second-order valence-electron chi connectivity index (χ2n) is 5.77. The predicted octanol–water partition coefficient (Wildman–Crippen LogP) is 3.09. The van der Waals surface area contributed by atoms with Crippen LogP contribution >= 0.6 is 0 Å². The Kier molecular flexibility index (Phi) is 3.97. The molecule has 1 saturated carbocycles. The Balaban J connectivity index is 1.92. The molecule has 0 saturated heterocycles. The highest BCUT2D eigenvalue weighted by Gasteiger charge is 2.72. The zero-order chi connectivity index (χ0) is 17.3. The summed E-state index contributed by atoms with van der Waals surface area (Å²) in [5.41, 5.74) is -0.535. The van der Waals surface area contributed by atoms with Gasteiger partial charge < -0.3 is 9.47 Å². The molecule has 3 rings (SSSR count). The van der Waals surface area contributed by atoms with Gasteiger partial charge in [-0.1, -0.05) is 12.1 Å². The topological polar surface area (TPSA) is 78.7 Å². The van der Waals surface area contributed by atoms with Crippen molar-refractivity contribution in [3.63, 3.8) is 0 Å². The summed E-state index contributed by atoms with van der Waals surface area (Å²) in [4.78, 5) is 24.0. The van der Waals surface area contributed by atoms with Crippen LogP contribution in [0.5, 0.6) is 11.5 Å². The first-order valence-corrected chi connectivity index (χ1v) is 7.50. The number of methoxy groups -OCH3 is 2. The molecular formula is C18H17NO5. The summed E-state index contributed by atoms with van der Waals surface area (Å²) in [5, 5.41) is 11.7. The number of carbonyl (C=O) groups excluding carboxylic acids is 1. The molecule has 0 heterocycles. The van der Waals surface area contributed by atoms with Crippen LogP contribution in [0.4, 0.5) is 0 Å². The van der Waals surface area contributed by atoms with Crippen molar-refractivity contribution < 1.29 is 19.2 Å². The Morgan fingerprint density at radius 2 is 1.79 bits per heavy atom. The minimum Gasteiger partial charge on any atom is -0.497 e. The highest BCUT2D eigenvalue weighted by molar-refractivity contribution is 6.05. The number of nitrogens with zero attached hydrogens (tertiary/aromatic N) is 1. The van der Waals surface area contributed by atoms with Gasteiger partial charge >= 0.3 is 0 Å². The first-order valence-electron chi connectivity index (χ1n) is 7.50. The van der Waals surface area contributed by atoms with Crippen LogP contribution in [0.2, 0.25) is 0 Å². The average Bonchev–Trinajstić information content (AvgIpc) is 3.38. The molecule has 1 aliphatic carbocycles. The van der Waals surface area contributed by atoms with Gasteiger partial charge in [-0.25, -0.2) is 0 Å². The summed E-state index contributed by atoms with van der Waals surface area (Å²) in [7, 11) is 3.06. The smallest absolute Gasteiger partial charge is 0.291 e. The van der Waals surface area contributed by atoms with Crippen molar-refractivity contribution in [3.05, 3.63) is 69.8 Å². The maximum atomic E-state index is 12.8. The van der Waals surface area contributed by atoms with Crippen LogP contribution in [0.15, 0.2) is 48.5 Å². The highest BCUT2D eigenvalue weighted by atomic mass is 16.6. The van der Waals surface area contributed by atoms with Gasteiger partial charge in [0, 0.05) is 16.9 Å². The van der Waals surface area contributed by atoms with E-state index < -0.39 is 22.2 Å². The molecule has 0 aliphatic heterocycles. The van der Waals surface area contributed by atoms with E-state index >= 15 is 0 Å². The lowest BCUT2D eigenvalue weighted by Crippen LogP contribution is -2.34. The van der Waals surface area contributed by atoms with Gasteiger partial charge in [0.2, 0.25) is 5.78 Å². The van der Waals surface area contributed by atoms with Crippen molar-refractivity contribution in [2.45, 2.75) is 17.9 Å². The molecule has 0 aromatic heterocycles. The lowest BCUT2D eigenvalue weighted by molar-refractivity contribution is -0.521. The molecule has 0 N–H and O–H groups in total. The molecule has 0 unspecified atom stereocenters. The number of rotatable bonds is 6. The quantitative estimate of drug-likeness (QED) is 0.463. The number of ether oxygens (including phenoxy) is 2. The van der Waals surface area contributed by atoms with E-state index in [1.54, 1.807) is 48.5 Å². The van der Waals surface area contributed by atoms with Crippen LogP contribution in [0.1, 0.15) is 28.3 Å². The van der Waals surface area contributed by atoms with E-state index in [0.29, 0.717) is 17.1 Å². The minimum absolute atomic E-state index is 0.192.